The van der Waals surface area contributed by atoms with E-state index in [0.717, 1.165) is 36.8 Å². The molecule has 0 spiro atoms. The van der Waals surface area contributed by atoms with Crippen molar-refractivity contribution in [3.8, 4) is 17.4 Å². The van der Waals surface area contributed by atoms with Crippen LogP contribution in [0, 0.1) is 11.6 Å². The van der Waals surface area contributed by atoms with Crippen LogP contribution in [0.15, 0.2) is 47.3 Å². The van der Waals surface area contributed by atoms with E-state index >= 15 is 0 Å². The quantitative estimate of drug-likeness (QED) is 0.472. The Morgan fingerprint density at radius 1 is 1.08 bits per heavy atom. The van der Waals surface area contributed by atoms with Gasteiger partial charge in [0.05, 0.1) is 24.8 Å². The summed E-state index contributed by atoms with van der Waals surface area (Å²) in [7, 11) is 0. The number of nitrogens with zero attached hydrogens (tertiary/aromatic N) is 3. The van der Waals surface area contributed by atoms with Crippen molar-refractivity contribution in [2.75, 3.05) is 24.7 Å². The molecule has 36 heavy (non-hydrogen) atoms. The van der Waals surface area contributed by atoms with Gasteiger partial charge in [-0.3, -0.25) is 4.57 Å². The third-order valence-corrected chi connectivity index (χ3v) is 6.00. The van der Waals surface area contributed by atoms with Crippen LogP contribution in [0.1, 0.15) is 17.5 Å². The predicted octanol–water partition coefficient (Wildman–Crippen LogP) is 4.52. The molecule has 0 unspecified atom stereocenters. The van der Waals surface area contributed by atoms with E-state index in [9.17, 15) is 26.7 Å². The Morgan fingerprint density at radius 3 is 2.61 bits per heavy atom. The van der Waals surface area contributed by atoms with Crippen molar-refractivity contribution in [2.24, 2.45) is 0 Å². The fourth-order valence-electron chi connectivity index (χ4n) is 4.27. The van der Waals surface area contributed by atoms with E-state index in [1.807, 2.05) is 0 Å². The molecule has 0 bridgehead atoms. The molecule has 0 saturated carbocycles. The maximum absolute atomic E-state index is 14.6. The van der Waals surface area contributed by atoms with Gasteiger partial charge in [0.25, 0.3) is 0 Å². The van der Waals surface area contributed by atoms with Crippen molar-refractivity contribution in [3.63, 3.8) is 0 Å². The fourth-order valence-corrected chi connectivity index (χ4v) is 4.27. The molecule has 2 aliphatic heterocycles. The summed E-state index contributed by atoms with van der Waals surface area (Å²) < 4.78 is 85.5. The van der Waals surface area contributed by atoms with Gasteiger partial charge in [0.15, 0.2) is 17.4 Å². The van der Waals surface area contributed by atoms with Crippen LogP contribution in [-0.4, -0.2) is 35.4 Å². The van der Waals surface area contributed by atoms with Gasteiger partial charge in [-0.15, -0.1) is 0 Å². The van der Waals surface area contributed by atoms with Crippen LogP contribution in [0.3, 0.4) is 0 Å². The summed E-state index contributed by atoms with van der Waals surface area (Å²) in [6.45, 7) is 1.88. The first-order valence-electron chi connectivity index (χ1n) is 11.1. The van der Waals surface area contributed by atoms with Gasteiger partial charge in [0.1, 0.15) is 18.2 Å². The molecule has 2 aliphatic rings. The maximum Gasteiger partial charge on any atom is 0.416 e. The Kier molecular flexibility index (Phi) is 6.29. The van der Waals surface area contributed by atoms with Gasteiger partial charge in [-0.05, 0) is 42.3 Å². The number of fused-ring (bicyclic) bond motifs is 3. The summed E-state index contributed by atoms with van der Waals surface area (Å²) >= 11 is 0. The number of halogens is 5. The molecule has 5 rings (SSSR count). The van der Waals surface area contributed by atoms with Gasteiger partial charge in [0.2, 0.25) is 5.88 Å². The third kappa shape index (κ3) is 4.85. The number of rotatable bonds is 5. The highest BCUT2D eigenvalue weighted by Gasteiger charge is 2.32. The largest absolute Gasteiger partial charge is 0.473 e. The third-order valence-electron chi connectivity index (χ3n) is 6.00. The number of hydrogen-bond donors (Lipinski definition) is 0. The number of morpholine rings is 1. The average Bonchev–Trinajstić information content (AvgIpc) is 2.84. The zero-order chi connectivity index (χ0) is 25.4. The lowest BCUT2D eigenvalue weighted by Crippen LogP contribution is -2.51. The Morgan fingerprint density at radius 2 is 1.86 bits per heavy atom. The lowest BCUT2D eigenvalue weighted by atomic mass is 10.1. The van der Waals surface area contributed by atoms with Crippen LogP contribution in [0.25, 0.3) is 0 Å². The summed E-state index contributed by atoms with van der Waals surface area (Å²) in [5, 5.41) is 0. The molecule has 0 N–H and O–H groups in total. The topological polar surface area (TPSA) is 65.8 Å². The SMILES string of the molecule is O=c1nc(OCc2cc(F)c(Oc3cccc(C(F)(F)F)c3)c(F)c2)cc2n1CC[C@H]1COCCN21. The minimum Gasteiger partial charge on any atom is -0.473 e. The van der Waals surface area contributed by atoms with E-state index in [0.29, 0.717) is 38.2 Å². The van der Waals surface area contributed by atoms with Crippen molar-refractivity contribution in [1.29, 1.82) is 0 Å². The normalized spacial score (nSPS) is 17.4. The highest BCUT2D eigenvalue weighted by Crippen LogP contribution is 2.34. The first-order valence-corrected chi connectivity index (χ1v) is 11.1. The molecule has 12 heteroatoms. The van der Waals surface area contributed by atoms with Gasteiger partial charge >= 0.3 is 11.9 Å². The van der Waals surface area contributed by atoms with E-state index in [4.69, 9.17) is 14.2 Å². The number of anilines is 1. The molecule has 3 aromatic rings. The van der Waals surface area contributed by atoms with E-state index in [-0.39, 0.29) is 29.8 Å². The zero-order valence-corrected chi connectivity index (χ0v) is 18.7. The van der Waals surface area contributed by atoms with Gasteiger partial charge < -0.3 is 19.1 Å². The monoisotopic (exact) mass is 509 g/mol. The van der Waals surface area contributed by atoms with Crippen LogP contribution >= 0.6 is 0 Å². The molecule has 7 nitrogen and oxygen atoms in total. The summed E-state index contributed by atoms with van der Waals surface area (Å²) in [5.74, 6) is -2.81. The molecule has 0 radical (unpaired) electrons. The van der Waals surface area contributed by atoms with Crippen LogP contribution in [0.5, 0.6) is 17.4 Å². The Hall–Kier alpha value is -3.67. The highest BCUT2D eigenvalue weighted by atomic mass is 19.4. The molecule has 0 aliphatic carbocycles. The second kappa shape index (κ2) is 9.41. The molecule has 1 aromatic heterocycles. The van der Waals surface area contributed by atoms with Gasteiger partial charge in [0, 0.05) is 19.2 Å². The minimum absolute atomic E-state index is 0.00324. The van der Waals surface area contributed by atoms with Crippen LogP contribution in [0.4, 0.5) is 27.8 Å². The molecule has 190 valence electrons. The smallest absolute Gasteiger partial charge is 0.416 e. The first kappa shape index (κ1) is 24.0. The van der Waals surface area contributed by atoms with Crippen molar-refractivity contribution in [3.05, 3.63) is 75.7 Å². The van der Waals surface area contributed by atoms with Crippen molar-refractivity contribution < 1.29 is 36.2 Å². The number of ether oxygens (including phenoxy) is 3. The van der Waals surface area contributed by atoms with E-state index in [1.165, 1.54) is 0 Å². The maximum atomic E-state index is 14.6. The zero-order valence-electron chi connectivity index (χ0n) is 18.7. The van der Waals surface area contributed by atoms with E-state index in [2.05, 4.69) is 9.88 Å². The van der Waals surface area contributed by atoms with Crippen molar-refractivity contribution >= 4 is 5.82 Å². The molecular weight excluding hydrogens is 489 g/mol. The molecule has 1 fully saturated rings. The van der Waals surface area contributed by atoms with Crippen LogP contribution in [-0.2, 0) is 24.1 Å². The van der Waals surface area contributed by atoms with Crippen LogP contribution < -0.4 is 20.1 Å². The lowest BCUT2D eigenvalue weighted by Gasteiger charge is -2.41. The second-order valence-corrected chi connectivity index (χ2v) is 8.40. The first-order chi connectivity index (χ1) is 17.2. The van der Waals surface area contributed by atoms with Crippen molar-refractivity contribution in [2.45, 2.75) is 31.8 Å². The van der Waals surface area contributed by atoms with Gasteiger partial charge in [-0.25, -0.2) is 13.6 Å². The van der Waals surface area contributed by atoms with E-state index in [1.54, 1.807) is 10.6 Å². The molecular formula is C24H20F5N3O4. The molecule has 0 amide bonds. The summed E-state index contributed by atoms with van der Waals surface area (Å²) in [5.41, 5.74) is -1.43. The lowest BCUT2D eigenvalue weighted by molar-refractivity contribution is -0.137. The fraction of sp³-hybridized carbons (Fsp3) is 0.333. The van der Waals surface area contributed by atoms with Crippen LogP contribution in [0.2, 0.25) is 0 Å². The Labute approximate surface area is 201 Å². The van der Waals surface area contributed by atoms with Crippen molar-refractivity contribution in [1.82, 2.24) is 9.55 Å². The number of aromatic nitrogens is 2. The Balaban J connectivity index is 1.32. The molecule has 1 saturated heterocycles. The molecule has 1 atom stereocenters. The summed E-state index contributed by atoms with van der Waals surface area (Å²) in [6, 6.07) is 7.32. The van der Waals surface area contributed by atoms with E-state index < -0.39 is 34.8 Å². The van der Waals surface area contributed by atoms with Gasteiger partial charge in [-0.2, -0.15) is 18.2 Å². The second-order valence-electron chi connectivity index (χ2n) is 8.40. The van der Waals surface area contributed by atoms with Gasteiger partial charge in [-0.1, -0.05) is 6.07 Å². The predicted molar refractivity (Wildman–Crippen MR) is 117 cm³/mol. The number of alkyl halides is 3. The summed E-state index contributed by atoms with van der Waals surface area (Å²) in [4.78, 5) is 18.5. The molecule has 2 aromatic carbocycles. The standard InChI is InChI=1S/C24H20F5N3O4/c25-18-8-14(9-19(26)22(18)36-17-3-1-2-15(10-17)24(27,28)29)12-35-20-11-21-31-6-7-34-13-16(31)4-5-32(21)23(33)30-20/h1-3,8-11,16H,4-7,12-13H2/t16-/m0/s1. The highest BCUT2D eigenvalue weighted by molar-refractivity contribution is 5.45. The minimum atomic E-state index is -4.63. The Bertz CT molecular complexity index is 1320. The number of hydrogen-bond acceptors (Lipinski definition) is 6. The number of benzene rings is 2. The molecule has 3 heterocycles. The summed E-state index contributed by atoms with van der Waals surface area (Å²) in [6.07, 6.45) is -3.88. The average molecular weight is 509 g/mol.